The van der Waals surface area contributed by atoms with Gasteiger partial charge in [-0.05, 0) is 24.0 Å². The molecule has 1 saturated carbocycles. The highest BCUT2D eigenvalue weighted by Crippen LogP contribution is 2.65. The molecule has 5 rings (SSSR count). The molecule has 170 valence electrons. The van der Waals surface area contributed by atoms with Crippen molar-refractivity contribution in [3.63, 3.8) is 0 Å². The number of quaternary nitrogens is 1. The van der Waals surface area contributed by atoms with Gasteiger partial charge in [-0.3, -0.25) is 10.4 Å². The van der Waals surface area contributed by atoms with Gasteiger partial charge in [0.2, 0.25) is 0 Å². The zero-order valence-corrected chi connectivity index (χ0v) is 19.6. The summed E-state index contributed by atoms with van der Waals surface area (Å²) in [5.41, 5.74) is 9.21. The van der Waals surface area contributed by atoms with Gasteiger partial charge in [-0.15, -0.1) is 0 Å². The Balaban J connectivity index is 1.36. The number of nitrogens with one attached hydrogen (secondary N) is 1. The van der Waals surface area contributed by atoms with Gasteiger partial charge in [0.15, 0.2) is 17.3 Å². The van der Waals surface area contributed by atoms with E-state index in [2.05, 4.69) is 66.3 Å². The number of likely N-dealkylation sites (N-methyl/N-ethyl adjacent to an activating group) is 1. The van der Waals surface area contributed by atoms with Crippen LogP contribution in [0.25, 0.3) is 11.5 Å². The molecule has 3 N–H and O–H groups in total. The minimum absolute atomic E-state index is 0.0230. The summed E-state index contributed by atoms with van der Waals surface area (Å²) in [6.45, 7) is 3.01. The molecule has 1 aliphatic heterocycles. The molecular weight excluding hydrogens is 410 g/mol. The van der Waals surface area contributed by atoms with E-state index < -0.39 is 0 Å². The third-order valence-electron chi connectivity index (χ3n) is 8.04. The number of fused-ring (bicyclic) bond motifs is 1. The van der Waals surface area contributed by atoms with E-state index in [0.29, 0.717) is 18.4 Å². The van der Waals surface area contributed by atoms with Crippen LogP contribution < -0.4 is 10.6 Å². The van der Waals surface area contributed by atoms with Crippen molar-refractivity contribution in [2.75, 3.05) is 25.5 Å². The van der Waals surface area contributed by atoms with Crippen LogP contribution in [0.2, 0.25) is 0 Å². The average Bonchev–Trinajstić information content (AvgIpc) is 3.33. The van der Waals surface area contributed by atoms with Crippen molar-refractivity contribution in [3.8, 4) is 11.5 Å². The van der Waals surface area contributed by atoms with Crippen molar-refractivity contribution in [1.82, 2.24) is 15.0 Å². The van der Waals surface area contributed by atoms with Crippen LogP contribution in [0.4, 0.5) is 5.69 Å². The first-order chi connectivity index (χ1) is 15.8. The molecule has 7 heteroatoms. The molecule has 1 aliphatic carbocycles. The Bertz CT molecular complexity index is 1150. The lowest BCUT2D eigenvalue weighted by Crippen LogP contribution is -2.46. The van der Waals surface area contributed by atoms with Gasteiger partial charge in [-0.2, -0.15) is 0 Å². The normalized spacial score (nSPS) is 27.4. The van der Waals surface area contributed by atoms with Crippen molar-refractivity contribution in [3.05, 3.63) is 72.7 Å². The van der Waals surface area contributed by atoms with E-state index in [9.17, 15) is 0 Å². The third kappa shape index (κ3) is 3.47. The molecule has 2 aliphatic rings. The van der Waals surface area contributed by atoms with E-state index in [4.69, 9.17) is 11.1 Å². The second kappa shape index (κ2) is 7.63. The van der Waals surface area contributed by atoms with Gasteiger partial charge in [0.25, 0.3) is 0 Å². The minimum atomic E-state index is 0.0230. The second-order valence-corrected chi connectivity index (χ2v) is 10.3. The number of guanidine groups is 1. The van der Waals surface area contributed by atoms with Crippen LogP contribution in [0.3, 0.4) is 0 Å². The highest BCUT2D eigenvalue weighted by molar-refractivity contribution is 5.92. The molecule has 0 bridgehead atoms. The number of anilines is 1. The van der Waals surface area contributed by atoms with Crippen LogP contribution in [0, 0.1) is 10.8 Å². The molecule has 33 heavy (non-hydrogen) atoms. The monoisotopic (exact) mass is 442 g/mol. The van der Waals surface area contributed by atoms with E-state index >= 15 is 0 Å². The lowest BCUT2D eigenvalue weighted by Gasteiger charge is -2.37. The Morgan fingerprint density at radius 1 is 1.06 bits per heavy atom. The van der Waals surface area contributed by atoms with E-state index in [1.807, 2.05) is 23.1 Å². The van der Waals surface area contributed by atoms with E-state index in [-0.39, 0.29) is 16.9 Å². The molecule has 7 nitrogen and oxygen atoms in total. The number of hydrogen-bond donors (Lipinski definition) is 2. The Hall–Kier alpha value is -3.32. The summed E-state index contributed by atoms with van der Waals surface area (Å²) in [4.78, 5) is 15.2. The number of benzene rings is 1. The van der Waals surface area contributed by atoms with Gasteiger partial charge in [-0.25, -0.2) is 9.97 Å². The molecule has 0 amide bonds. The smallest absolute Gasteiger partial charge is 0.193 e. The van der Waals surface area contributed by atoms with Crippen molar-refractivity contribution in [2.45, 2.75) is 37.8 Å². The number of pyridine rings is 1. The fourth-order valence-corrected chi connectivity index (χ4v) is 6.09. The molecule has 3 heterocycles. The van der Waals surface area contributed by atoms with E-state index in [0.717, 1.165) is 35.1 Å². The standard InChI is InChI=1S/C26H32N7/c1-25(12-13-26(19-9-5-4-6-10-19)22(15-25)33(26,2)3)18-32(24(27)28)20-16-30-23(31-17-20)21-11-7-8-14-29-21/h4-11,14,16-17,22H,12-13,15,18H2,1-3H3,(H3,27,28)/q+1/t22?,25?,26-/m1/s1. The van der Waals surface area contributed by atoms with Gasteiger partial charge in [-0.1, -0.05) is 43.3 Å². The first kappa shape index (κ1) is 21.5. The zero-order valence-electron chi connectivity index (χ0n) is 19.6. The topological polar surface area (TPSA) is 91.8 Å². The summed E-state index contributed by atoms with van der Waals surface area (Å²) < 4.78 is 1.02. The number of aromatic nitrogens is 3. The molecule has 1 saturated heterocycles. The predicted octanol–water partition coefficient (Wildman–Crippen LogP) is 3.78. The van der Waals surface area contributed by atoms with Gasteiger partial charge >= 0.3 is 0 Å². The number of nitrogens with two attached hydrogens (primary N) is 1. The summed E-state index contributed by atoms with van der Waals surface area (Å²) in [7, 11) is 4.71. The van der Waals surface area contributed by atoms with Crippen LogP contribution >= 0.6 is 0 Å². The van der Waals surface area contributed by atoms with Crippen molar-refractivity contribution in [2.24, 2.45) is 11.1 Å². The minimum Gasteiger partial charge on any atom is -0.370 e. The number of nitrogens with zero attached hydrogens (tertiary/aromatic N) is 5. The van der Waals surface area contributed by atoms with Crippen LogP contribution in [-0.2, 0) is 5.54 Å². The van der Waals surface area contributed by atoms with Gasteiger partial charge in [0, 0.05) is 31.1 Å². The molecular formula is C26H32N7+. The maximum atomic E-state index is 8.26. The molecule has 2 fully saturated rings. The quantitative estimate of drug-likeness (QED) is 0.272. The maximum Gasteiger partial charge on any atom is 0.193 e. The SMILES string of the molecule is CC1(CN(C(=N)N)c2cnc(-c3ccccn3)nc2)CC[C@@]2(c3ccccc3)C(C1)[N+]2(C)C. The van der Waals surface area contributed by atoms with Crippen LogP contribution in [0.15, 0.2) is 67.1 Å². The largest absolute Gasteiger partial charge is 0.370 e. The Morgan fingerprint density at radius 2 is 1.76 bits per heavy atom. The summed E-state index contributed by atoms with van der Waals surface area (Å²) >= 11 is 0. The molecule has 3 aromatic rings. The second-order valence-electron chi connectivity index (χ2n) is 10.3. The molecule has 0 spiro atoms. The van der Waals surface area contributed by atoms with Gasteiger partial charge in [0.1, 0.15) is 11.7 Å². The van der Waals surface area contributed by atoms with Gasteiger partial charge < -0.3 is 15.1 Å². The lowest BCUT2D eigenvalue weighted by molar-refractivity contribution is -0.803. The van der Waals surface area contributed by atoms with Crippen LogP contribution in [-0.4, -0.2) is 52.1 Å². The van der Waals surface area contributed by atoms with E-state index in [1.165, 1.54) is 5.56 Å². The van der Waals surface area contributed by atoms with Crippen LogP contribution in [0.1, 0.15) is 31.7 Å². The number of hydrogen-bond acceptors (Lipinski definition) is 4. The molecule has 2 unspecified atom stereocenters. The zero-order chi connectivity index (χ0) is 23.3. The summed E-state index contributed by atoms with van der Waals surface area (Å²) in [6.07, 6.45) is 8.52. The molecule has 3 atom stereocenters. The number of likely N-dealkylation sites (tertiary alicyclic amines) is 1. The summed E-state index contributed by atoms with van der Waals surface area (Å²) in [6, 6.07) is 17.2. The Morgan fingerprint density at radius 3 is 2.36 bits per heavy atom. The highest BCUT2D eigenvalue weighted by Gasteiger charge is 2.77. The Labute approximate surface area is 195 Å². The first-order valence-corrected chi connectivity index (χ1v) is 11.5. The fraction of sp³-hybridized carbons (Fsp3) is 0.385. The average molecular weight is 443 g/mol. The van der Waals surface area contributed by atoms with Crippen molar-refractivity contribution in [1.29, 1.82) is 5.41 Å². The van der Waals surface area contributed by atoms with E-state index in [1.54, 1.807) is 18.6 Å². The molecule has 0 radical (unpaired) electrons. The van der Waals surface area contributed by atoms with Crippen molar-refractivity contribution >= 4 is 11.6 Å². The first-order valence-electron chi connectivity index (χ1n) is 11.5. The van der Waals surface area contributed by atoms with Crippen LogP contribution in [0.5, 0.6) is 0 Å². The Kier molecular flexibility index (Phi) is 4.97. The number of rotatable bonds is 5. The highest BCUT2D eigenvalue weighted by atomic mass is 15.6. The lowest BCUT2D eigenvalue weighted by atomic mass is 9.69. The summed E-state index contributed by atoms with van der Waals surface area (Å²) in [5.74, 6) is 0.589. The molecule has 2 aromatic heterocycles. The molecule has 1 aromatic carbocycles. The van der Waals surface area contributed by atoms with Crippen molar-refractivity contribution < 1.29 is 4.48 Å². The predicted molar refractivity (Wildman–Crippen MR) is 130 cm³/mol. The summed E-state index contributed by atoms with van der Waals surface area (Å²) in [5, 5.41) is 8.26. The van der Waals surface area contributed by atoms with Gasteiger partial charge in [0.05, 0.1) is 32.2 Å². The third-order valence-corrected chi connectivity index (χ3v) is 8.04. The fourth-order valence-electron chi connectivity index (χ4n) is 6.09. The maximum absolute atomic E-state index is 8.26.